The van der Waals surface area contributed by atoms with Crippen molar-refractivity contribution >= 4 is 5.97 Å². The molecule has 0 aromatic rings. The molecule has 16 heavy (non-hydrogen) atoms. The van der Waals surface area contributed by atoms with Crippen LogP contribution in [0.2, 0.25) is 0 Å². The fourth-order valence-electron chi connectivity index (χ4n) is 3.29. The van der Waals surface area contributed by atoms with Gasteiger partial charge in [-0.05, 0) is 51.4 Å². The van der Waals surface area contributed by atoms with Gasteiger partial charge in [-0.25, -0.2) is 4.79 Å². The Morgan fingerprint density at radius 3 is 2.25 bits per heavy atom. The van der Waals surface area contributed by atoms with E-state index in [1.807, 2.05) is 0 Å². The zero-order chi connectivity index (χ0) is 11.6. The van der Waals surface area contributed by atoms with E-state index in [-0.39, 0.29) is 11.6 Å². The Morgan fingerprint density at radius 1 is 1.19 bits per heavy atom. The monoisotopic (exact) mass is 222 g/mol. The van der Waals surface area contributed by atoms with Gasteiger partial charge in [0, 0.05) is 5.57 Å². The third-order valence-corrected chi connectivity index (χ3v) is 4.19. The Hall–Kier alpha value is -0.790. The van der Waals surface area contributed by atoms with E-state index in [4.69, 9.17) is 4.74 Å². The molecule has 0 aromatic carbocycles. The average molecular weight is 222 g/mol. The van der Waals surface area contributed by atoms with Crippen molar-refractivity contribution in [2.75, 3.05) is 0 Å². The van der Waals surface area contributed by atoms with Gasteiger partial charge in [0.15, 0.2) is 0 Å². The summed E-state index contributed by atoms with van der Waals surface area (Å²) < 4.78 is 5.81. The summed E-state index contributed by atoms with van der Waals surface area (Å²) in [4.78, 5) is 11.7. The quantitative estimate of drug-likeness (QED) is 0.538. The molecule has 0 amide bonds. The lowest BCUT2D eigenvalue weighted by molar-refractivity contribution is -0.160. The van der Waals surface area contributed by atoms with E-state index in [2.05, 4.69) is 6.58 Å². The highest BCUT2D eigenvalue weighted by molar-refractivity contribution is 5.87. The van der Waals surface area contributed by atoms with Gasteiger partial charge in [0.1, 0.15) is 5.60 Å². The zero-order valence-corrected chi connectivity index (χ0v) is 10.3. The molecule has 90 valence electrons. The van der Waals surface area contributed by atoms with E-state index in [0.29, 0.717) is 11.5 Å². The summed E-state index contributed by atoms with van der Waals surface area (Å²) in [6.07, 6.45) is 9.63. The maximum atomic E-state index is 11.7. The van der Waals surface area contributed by atoms with E-state index < -0.39 is 0 Å². The van der Waals surface area contributed by atoms with Crippen LogP contribution in [-0.4, -0.2) is 11.6 Å². The maximum absolute atomic E-state index is 11.7. The molecule has 0 aromatic heterocycles. The van der Waals surface area contributed by atoms with Crippen LogP contribution in [0, 0.1) is 5.92 Å². The Kier molecular flexibility index (Phi) is 3.36. The molecule has 0 N–H and O–H groups in total. The minimum absolute atomic E-state index is 0.132. The van der Waals surface area contributed by atoms with Gasteiger partial charge in [0.2, 0.25) is 0 Å². The Morgan fingerprint density at radius 2 is 1.75 bits per heavy atom. The molecule has 0 unspecified atom stereocenters. The molecule has 2 rings (SSSR count). The lowest BCUT2D eigenvalue weighted by atomic mass is 9.84. The van der Waals surface area contributed by atoms with Crippen LogP contribution in [0.3, 0.4) is 0 Å². The SMILES string of the molecule is C=C(C)C(=O)OC1(C2CCCC2)CCCC1. The number of carbonyl (C=O) groups is 1. The molecule has 0 bridgehead atoms. The van der Waals surface area contributed by atoms with Crippen LogP contribution in [0.4, 0.5) is 0 Å². The third-order valence-electron chi connectivity index (χ3n) is 4.19. The lowest BCUT2D eigenvalue weighted by Gasteiger charge is -2.35. The van der Waals surface area contributed by atoms with Crippen LogP contribution in [0.15, 0.2) is 12.2 Å². The molecule has 0 radical (unpaired) electrons. The summed E-state index contributed by atoms with van der Waals surface area (Å²) in [6.45, 7) is 5.42. The third kappa shape index (κ3) is 2.16. The molecule has 2 heteroatoms. The van der Waals surface area contributed by atoms with Gasteiger partial charge in [-0.1, -0.05) is 19.4 Å². The molecular weight excluding hydrogens is 200 g/mol. The van der Waals surface area contributed by atoms with Crippen LogP contribution in [0.25, 0.3) is 0 Å². The number of ether oxygens (including phenoxy) is 1. The number of rotatable bonds is 3. The number of hydrogen-bond donors (Lipinski definition) is 0. The van der Waals surface area contributed by atoms with Gasteiger partial charge < -0.3 is 4.74 Å². The summed E-state index contributed by atoms with van der Waals surface area (Å²) in [7, 11) is 0. The predicted molar refractivity (Wildman–Crippen MR) is 64.1 cm³/mol. The second kappa shape index (κ2) is 4.60. The summed E-state index contributed by atoms with van der Waals surface area (Å²) in [6, 6.07) is 0. The Balaban J connectivity index is 2.08. The summed E-state index contributed by atoms with van der Waals surface area (Å²) in [5.41, 5.74) is 0.399. The zero-order valence-electron chi connectivity index (χ0n) is 10.3. The van der Waals surface area contributed by atoms with Gasteiger partial charge in [-0.3, -0.25) is 0 Å². The highest BCUT2D eigenvalue weighted by Gasteiger charge is 2.45. The first-order valence-electron chi connectivity index (χ1n) is 6.53. The summed E-state index contributed by atoms with van der Waals surface area (Å²) in [5, 5.41) is 0. The van der Waals surface area contributed by atoms with Crippen molar-refractivity contribution in [3.05, 3.63) is 12.2 Å². The van der Waals surface area contributed by atoms with Gasteiger partial charge in [-0.15, -0.1) is 0 Å². The number of esters is 1. The molecule has 2 aliphatic carbocycles. The van der Waals surface area contributed by atoms with E-state index in [0.717, 1.165) is 12.8 Å². The molecule has 0 aliphatic heterocycles. The van der Waals surface area contributed by atoms with Crippen molar-refractivity contribution in [3.63, 3.8) is 0 Å². The molecule has 2 aliphatic rings. The molecule has 0 heterocycles. The van der Waals surface area contributed by atoms with Crippen LogP contribution in [0.5, 0.6) is 0 Å². The molecule has 2 nitrogen and oxygen atoms in total. The number of carbonyl (C=O) groups excluding carboxylic acids is 1. The van der Waals surface area contributed by atoms with Crippen LogP contribution >= 0.6 is 0 Å². The molecular formula is C14H22O2. The highest BCUT2D eigenvalue weighted by Crippen LogP contribution is 2.46. The second-order valence-corrected chi connectivity index (χ2v) is 5.42. The van der Waals surface area contributed by atoms with Gasteiger partial charge in [0.25, 0.3) is 0 Å². The Labute approximate surface area is 98.1 Å². The first-order chi connectivity index (χ1) is 7.64. The van der Waals surface area contributed by atoms with Crippen molar-refractivity contribution in [3.8, 4) is 0 Å². The van der Waals surface area contributed by atoms with E-state index in [1.165, 1.54) is 38.5 Å². The standard InChI is InChI=1S/C14H22O2/c1-11(2)13(15)16-14(9-5-6-10-14)12-7-3-4-8-12/h12H,1,3-10H2,2H3. The largest absolute Gasteiger partial charge is 0.455 e. The van der Waals surface area contributed by atoms with Crippen LogP contribution < -0.4 is 0 Å². The topological polar surface area (TPSA) is 26.3 Å². The van der Waals surface area contributed by atoms with Crippen molar-refractivity contribution in [2.45, 2.75) is 63.9 Å². The lowest BCUT2D eigenvalue weighted by Crippen LogP contribution is -2.39. The van der Waals surface area contributed by atoms with Crippen LogP contribution in [0.1, 0.15) is 58.3 Å². The fourth-order valence-corrected chi connectivity index (χ4v) is 3.29. The predicted octanol–water partition coefficient (Wildman–Crippen LogP) is 3.61. The minimum Gasteiger partial charge on any atom is -0.455 e. The van der Waals surface area contributed by atoms with E-state index in [1.54, 1.807) is 6.92 Å². The van der Waals surface area contributed by atoms with Crippen molar-refractivity contribution in [2.24, 2.45) is 5.92 Å². The Bertz CT molecular complexity index is 281. The first kappa shape index (κ1) is 11.7. The smallest absolute Gasteiger partial charge is 0.333 e. The normalized spacial score (nSPS) is 24.6. The first-order valence-corrected chi connectivity index (χ1v) is 6.53. The van der Waals surface area contributed by atoms with Crippen molar-refractivity contribution in [1.29, 1.82) is 0 Å². The summed E-state index contributed by atoms with van der Waals surface area (Å²) >= 11 is 0. The highest BCUT2D eigenvalue weighted by atomic mass is 16.6. The molecule has 0 saturated heterocycles. The molecule has 2 saturated carbocycles. The van der Waals surface area contributed by atoms with E-state index >= 15 is 0 Å². The van der Waals surface area contributed by atoms with Gasteiger partial charge in [-0.2, -0.15) is 0 Å². The maximum Gasteiger partial charge on any atom is 0.333 e. The minimum atomic E-state index is -0.186. The average Bonchev–Trinajstić information content (AvgIpc) is 2.87. The van der Waals surface area contributed by atoms with Crippen molar-refractivity contribution < 1.29 is 9.53 Å². The second-order valence-electron chi connectivity index (χ2n) is 5.42. The summed E-state index contributed by atoms with van der Waals surface area (Å²) in [5.74, 6) is 0.423. The fraction of sp³-hybridized carbons (Fsp3) is 0.786. The molecule has 0 spiro atoms. The number of hydrogen-bond acceptors (Lipinski definition) is 2. The van der Waals surface area contributed by atoms with Gasteiger partial charge in [0.05, 0.1) is 0 Å². The van der Waals surface area contributed by atoms with Crippen molar-refractivity contribution in [1.82, 2.24) is 0 Å². The molecule has 2 fully saturated rings. The van der Waals surface area contributed by atoms with Gasteiger partial charge >= 0.3 is 5.97 Å². The van der Waals surface area contributed by atoms with E-state index in [9.17, 15) is 4.79 Å². The van der Waals surface area contributed by atoms with Crippen LogP contribution in [-0.2, 0) is 9.53 Å². The molecule has 0 atom stereocenters.